The van der Waals surface area contributed by atoms with Gasteiger partial charge in [-0.1, -0.05) is 18.2 Å². The van der Waals surface area contributed by atoms with Crippen LogP contribution in [0.5, 0.6) is 0 Å². The summed E-state index contributed by atoms with van der Waals surface area (Å²) in [5.41, 5.74) is 5.28. The molecule has 1 aromatic heterocycles. The molecule has 1 saturated heterocycles. The summed E-state index contributed by atoms with van der Waals surface area (Å²) >= 11 is 0. The highest BCUT2D eigenvalue weighted by Crippen LogP contribution is 2.29. The smallest absolute Gasteiger partial charge is 0.322 e. The number of nitrogens with zero attached hydrogens (tertiary/aromatic N) is 2. The monoisotopic (exact) mass is 480 g/mol. The molecule has 8 nitrogen and oxygen atoms in total. The number of urea groups is 1. The van der Waals surface area contributed by atoms with Crippen LogP contribution in [-0.4, -0.2) is 47.8 Å². The van der Waals surface area contributed by atoms with Crippen LogP contribution in [0.15, 0.2) is 48.8 Å². The molecule has 2 unspecified atom stereocenters. The lowest BCUT2D eigenvalue weighted by Gasteiger charge is -2.24. The number of hydrogen-bond donors (Lipinski definition) is 2. The van der Waals surface area contributed by atoms with Crippen LogP contribution in [0.4, 0.5) is 10.5 Å². The van der Waals surface area contributed by atoms with Crippen LogP contribution < -0.4 is 10.6 Å². The fourth-order valence-electron chi connectivity index (χ4n) is 4.88. The number of carbonyl (C=O) groups excluding carboxylic acids is 2. The van der Waals surface area contributed by atoms with Crippen molar-refractivity contribution in [3.8, 4) is 0 Å². The average molecular weight is 481 g/mol. The van der Waals surface area contributed by atoms with Crippen molar-refractivity contribution >= 4 is 33.0 Å². The molecule has 0 bridgehead atoms. The number of benzene rings is 1. The first kappa shape index (κ1) is 22.6. The zero-order chi connectivity index (χ0) is 23.7. The number of sulfone groups is 1. The number of allylic oxidation sites excluding steroid dienone is 1. The van der Waals surface area contributed by atoms with Crippen molar-refractivity contribution < 1.29 is 18.0 Å². The summed E-state index contributed by atoms with van der Waals surface area (Å²) in [6.45, 7) is 1.15. The van der Waals surface area contributed by atoms with Gasteiger partial charge < -0.3 is 15.5 Å². The van der Waals surface area contributed by atoms with Gasteiger partial charge in [-0.2, -0.15) is 0 Å². The Labute approximate surface area is 199 Å². The number of nitrogens with one attached hydrogen (secondary N) is 2. The van der Waals surface area contributed by atoms with E-state index in [1.807, 2.05) is 36.5 Å². The molecule has 0 saturated carbocycles. The van der Waals surface area contributed by atoms with Crippen LogP contribution in [0.3, 0.4) is 0 Å². The Morgan fingerprint density at radius 2 is 1.82 bits per heavy atom. The van der Waals surface area contributed by atoms with Crippen LogP contribution in [0.2, 0.25) is 0 Å². The quantitative estimate of drug-likeness (QED) is 0.699. The number of amides is 3. The highest BCUT2D eigenvalue weighted by Gasteiger charge is 2.34. The van der Waals surface area contributed by atoms with Crippen LogP contribution in [0.1, 0.15) is 42.4 Å². The number of hydrogen-bond acceptors (Lipinski definition) is 5. The second kappa shape index (κ2) is 9.21. The minimum absolute atomic E-state index is 0.0303. The van der Waals surface area contributed by atoms with Crippen molar-refractivity contribution in [3.63, 3.8) is 0 Å². The summed E-state index contributed by atoms with van der Waals surface area (Å²) in [6.07, 6.45) is 8.50. The Hall–Kier alpha value is -3.20. The summed E-state index contributed by atoms with van der Waals surface area (Å²) in [5.74, 6) is -0.471. The van der Waals surface area contributed by atoms with Gasteiger partial charge in [0.05, 0.1) is 17.4 Å². The third-order valence-corrected chi connectivity index (χ3v) is 8.65. The van der Waals surface area contributed by atoms with E-state index in [1.165, 1.54) is 5.57 Å². The van der Waals surface area contributed by atoms with Crippen molar-refractivity contribution in [2.45, 2.75) is 44.8 Å². The molecule has 3 heterocycles. The Morgan fingerprint density at radius 1 is 1.03 bits per heavy atom. The van der Waals surface area contributed by atoms with Crippen molar-refractivity contribution in [3.05, 3.63) is 65.5 Å². The molecule has 3 aliphatic rings. The van der Waals surface area contributed by atoms with E-state index < -0.39 is 15.8 Å². The Kier molecular flexibility index (Phi) is 6.12. The number of fused-ring (bicyclic) bond motifs is 1. The zero-order valence-corrected chi connectivity index (χ0v) is 19.7. The maximum Gasteiger partial charge on any atom is 0.322 e. The van der Waals surface area contributed by atoms with Gasteiger partial charge in [0, 0.05) is 37.2 Å². The van der Waals surface area contributed by atoms with E-state index in [4.69, 9.17) is 0 Å². The van der Waals surface area contributed by atoms with Gasteiger partial charge in [0.25, 0.3) is 0 Å². The molecule has 34 heavy (non-hydrogen) atoms. The molecule has 2 aromatic rings. The highest BCUT2D eigenvalue weighted by atomic mass is 32.2. The van der Waals surface area contributed by atoms with E-state index in [-0.39, 0.29) is 29.5 Å². The molecule has 1 aromatic carbocycles. The van der Waals surface area contributed by atoms with E-state index in [9.17, 15) is 18.0 Å². The predicted molar refractivity (Wildman–Crippen MR) is 129 cm³/mol. The normalized spacial score (nSPS) is 23.2. The largest absolute Gasteiger partial charge is 0.353 e. The molecule has 9 heteroatoms. The van der Waals surface area contributed by atoms with Gasteiger partial charge in [-0.3, -0.25) is 9.78 Å². The minimum Gasteiger partial charge on any atom is -0.353 e. The Balaban J connectivity index is 1.13. The van der Waals surface area contributed by atoms with E-state index in [2.05, 4.69) is 21.7 Å². The number of rotatable bonds is 4. The summed E-state index contributed by atoms with van der Waals surface area (Å²) in [7, 11) is -3.06. The third kappa shape index (κ3) is 4.99. The second-order valence-corrected chi connectivity index (χ2v) is 11.5. The fourth-order valence-corrected chi connectivity index (χ4v) is 6.62. The maximum atomic E-state index is 12.6. The van der Waals surface area contributed by atoms with Gasteiger partial charge in [-0.05, 0) is 66.1 Å². The molecule has 1 fully saturated rings. The summed E-state index contributed by atoms with van der Waals surface area (Å²) in [4.78, 5) is 30.9. The molecular weight excluding hydrogens is 452 g/mol. The summed E-state index contributed by atoms with van der Waals surface area (Å²) in [6, 6.07) is 9.69. The molecule has 0 radical (unpaired) electrons. The van der Waals surface area contributed by atoms with Gasteiger partial charge in [-0.25, -0.2) is 13.2 Å². The van der Waals surface area contributed by atoms with Gasteiger partial charge in [0.1, 0.15) is 0 Å². The zero-order valence-electron chi connectivity index (χ0n) is 18.9. The maximum absolute atomic E-state index is 12.6. The fraction of sp³-hybridized carbons (Fsp3) is 0.400. The minimum atomic E-state index is -3.06. The van der Waals surface area contributed by atoms with Crippen LogP contribution in [0, 0.1) is 5.92 Å². The molecule has 0 spiro atoms. The molecule has 5 rings (SSSR count). The number of carbonyl (C=O) groups is 2. The molecule has 2 aliphatic heterocycles. The highest BCUT2D eigenvalue weighted by molar-refractivity contribution is 7.91. The van der Waals surface area contributed by atoms with Gasteiger partial charge in [0.2, 0.25) is 5.91 Å². The predicted octanol–water partition coefficient (Wildman–Crippen LogP) is 3.12. The first-order chi connectivity index (χ1) is 16.4. The topological polar surface area (TPSA) is 108 Å². The van der Waals surface area contributed by atoms with Crippen LogP contribution >= 0.6 is 0 Å². The summed E-state index contributed by atoms with van der Waals surface area (Å²) in [5, 5.41) is 6.00. The number of aromatic nitrogens is 1. The molecular formula is C25H28N4O4S. The number of pyridine rings is 1. The SMILES string of the molecule is O=C(NC1CC=C(c2ccc(NC(=O)N3Cc4ccncc4C3)cc2)CC1)C1CCS(=O)(=O)C1. The second-order valence-electron chi connectivity index (χ2n) is 9.32. The molecule has 2 N–H and O–H groups in total. The van der Waals surface area contributed by atoms with Gasteiger partial charge in [0.15, 0.2) is 9.84 Å². The van der Waals surface area contributed by atoms with E-state index in [0.717, 1.165) is 41.6 Å². The molecule has 1 aliphatic carbocycles. The summed E-state index contributed by atoms with van der Waals surface area (Å²) < 4.78 is 23.2. The number of anilines is 1. The van der Waals surface area contributed by atoms with Crippen LogP contribution in [0.25, 0.3) is 5.57 Å². The lowest BCUT2D eigenvalue weighted by atomic mass is 9.90. The first-order valence-corrected chi connectivity index (χ1v) is 13.5. The van der Waals surface area contributed by atoms with E-state index in [0.29, 0.717) is 19.5 Å². The molecule has 3 amide bonds. The van der Waals surface area contributed by atoms with Crippen molar-refractivity contribution in [1.82, 2.24) is 15.2 Å². The van der Waals surface area contributed by atoms with Crippen molar-refractivity contribution in [2.75, 3.05) is 16.8 Å². The lowest BCUT2D eigenvalue weighted by molar-refractivity contribution is -0.125. The van der Waals surface area contributed by atoms with Crippen molar-refractivity contribution in [1.29, 1.82) is 0 Å². The standard InChI is InChI=1S/C25H28N4O4S/c30-24(20-10-12-34(32,33)16-20)27-22-5-1-17(2-6-22)18-3-7-23(8-4-18)28-25(31)29-14-19-9-11-26-13-21(19)15-29/h1,3-4,7-9,11,13,20,22H,2,5-6,10,12,14-16H2,(H,27,30)(H,28,31). The Morgan fingerprint density at radius 3 is 2.50 bits per heavy atom. The van der Waals surface area contributed by atoms with E-state index in [1.54, 1.807) is 11.1 Å². The van der Waals surface area contributed by atoms with Gasteiger partial charge >= 0.3 is 6.03 Å². The van der Waals surface area contributed by atoms with E-state index >= 15 is 0 Å². The van der Waals surface area contributed by atoms with Gasteiger partial charge in [-0.15, -0.1) is 0 Å². The Bertz CT molecular complexity index is 1210. The van der Waals surface area contributed by atoms with Crippen LogP contribution in [-0.2, 0) is 27.7 Å². The molecule has 2 atom stereocenters. The third-order valence-electron chi connectivity index (χ3n) is 6.88. The lowest BCUT2D eigenvalue weighted by Crippen LogP contribution is -2.40. The first-order valence-electron chi connectivity index (χ1n) is 11.6. The van der Waals surface area contributed by atoms with Crippen molar-refractivity contribution in [2.24, 2.45) is 5.92 Å². The average Bonchev–Trinajstić information content (AvgIpc) is 3.43. The molecule has 178 valence electrons.